The maximum Gasteiger partial charge on any atom is 0.339 e. The highest BCUT2D eigenvalue weighted by atomic mass is 35.5. The van der Waals surface area contributed by atoms with E-state index < -0.39 is 16.1 Å². The van der Waals surface area contributed by atoms with Gasteiger partial charge in [0, 0.05) is 11.1 Å². The zero-order valence-corrected chi connectivity index (χ0v) is 17.1. The van der Waals surface area contributed by atoms with Crippen molar-refractivity contribution in [2.45, 2.75) is 24.7 Å². The molecule has 0 aromatic heterocycles. The van der Waals surface area contributed by atoms with Crippen LogP contribution in [0.5, 0.6) is 11.5 Å². The van der Waals surface area contributed by atoms with E-state index in [9.17, 15) is 13.2 Å². The number of unbranched alkanes of at least 4 members (excludes halogenated alkanes) is 1. The van der Waals surface area contributed by atoms with E-state index >= 15 is 0 Å². The number of carbonyl (C=O) groups is 1. The van der Waals surface area contributed by atoms with Crippen LogP contribution in [-0.4, -0.2) is 28.1 Å². The van der Waals surface area contributed by atoms with Crippen LogP contribution in [0, 0.1) is 0 Å². The Bertz CT molecular complexity index is 936. The molecule has 150 valence electrons. The molecular formula is C20H21ClO6S. The lowest BCUT2D eigenvalue weighted by atomic mass is 10.2. The maximum atomic E-state index is 12.4. The Morgan fingerprint density at radius 3 is 2.46 bits per heavy atom. The van der Waals surface area contributed by atoms with Crippen molar-refractivity contribution in [2.75, 3.05) is 13.7 Å². The van der Waals surface area contributed by atoms with Gasteiger partial charge in [0.25, 0.3) is 0 Å². The number of carbonyl (C=O) groups excluding carboxylic acids is 1. The lowest BCUT2D eigenvalue weighted by molar-refractivity contribution is -0.137. The lowest BCUT2D eigenvalue weighted by Gasteiger charge is -2.11. The standard InChI is InChI=1S/C20H21ClO6S/c1-3-4-13-26-20(22)12-6-15-5-11-18(19(14-15)25-2)27-28(23,24)17-9-7-16(21)8-10-17/h5-12,14H,3-4,13H2,1-2H3/b12-6+. The molecule has 0 bridgehead atoms. The average Bonchev–Trinajstić information content (AvgIpc) is 2.67. The first-order valence-electron chi connectivity index (χ1n) is 8.58. The van der Waals surface area contributed by atoms with Gasteiger partial charge in [0.05, 0.1) is 13.7 Å². The summed E-state index contributed by atoms with van der Waals surface area (Å²) in [5.41, 5.74) is 0.625. The molecule has 0 saturated heterocycles. The maximum absolute atomic E-state index is 12.4. The Morgan fingerprint density at radius 1 is 1.11 bits per heavy atom. The van der Waals surface area contributed by atoms with E-state index in [1.54, 1.807) is 18.2 Å². The zero-order chi connectivity index (χ0) is 20.6. The summed E-state index contributed by atoms with van der Waals surface area (Å²) >= 11 is 5.78. The van der Waals surface area contributed by atoms with Crippen molar-refractivity contribution < 1.29 is 26.9 Å². The molecule has 0 spiro atoms. The first-order valence-corrected chi connectivity index (χ1v) is 10.4. The van der Waals surface area contributed by atoms with Gasteiger partial charge in [-0.2, -0.15) is 8.42 Å². The van der Waals surface area contributed by atoms with Gasteiger partial charge in [-0.1, -0.05) is 31.0 Å². The van der Waals surface area contributed by atoms with Gasteiger partial charge in [-0.05, 0) is 54.5 Å². The molecule has 0 aliphatic carbocycles. The molecule has 28 heavy (non-hydrogen) atoms. The number of halogens is 1. The first-order chi connectivity index (χ1) is 13.4. The van der Waals surface area contributed by atoms with Crippen molar-refractivity contribution in [3.8, 4) is 11.5 Å². The predicted molar refractivity (Wildman–Crippen MR) is 107 cm³/mol. The molecule has 0 radical (unpaired) electrons. The fourth-order valence-corrected chi connectivity index (χ4v) is 3.22. The summed E-state index contributed by atoms with van der Waals surface area (Å²) in [5, 5.41) is 0.417. The molecule has 0 N–H and O–H groups in total. The van der Waals surface area contributed by atoms with Crippen molar-refractivity contribution in [1.29, 1.82) is 0 Å². The molecule has 2 aromatic carbocycles. The van der Waals surface area contributed by atoms with Gasteiger partial charge < -0.3 is 13.7 Å². The highest BCUT2D eigenvalue weighted by molar-refractivity contribution is 7.87. The van der Waals surface area contributed by atoms with E-state index in [1.165, 1.54) is 43.5 Å². The van der Waals surface area contributed by atoms with E-state index in [-0.39, 0.29) is 16.4 Å². The summed E-state index contributed by atoms with van der Waals surface area (Å²) in [5.74, 6) is -0.211. The number of benzene rings is 2. The van der Waals surface area contributed by atoms with Crippen LogP contribution in [0.3, 0.4) is 0 Å². The van der Waals surface area contributed by atoms with Crippen molar-refractivity contribution in [2.24, 2.45) is 0 Å². The first kappa shape index (κ1) is 21.8. The van der Waals surface area contributed by atoms with Gasteiger partial charge in [-0.15, -0.1) is 0 Å². The largest absolute Gasteiger partial charge is 0.493 e. The molecule has 0 unspecified atom stereocenters. The molecule has 0 saturated carbocycles. The second kappa shape index (κ2) is 10.1. The molecular weight excluding hydrogens is 404 g/mol. The van der Waals surface area contributed by atoms with Crippen LogP contribution in [0.1, 0.15) is 25.3 Å². The number of rotatable bonds is 9. The third-order valence-electron chi connectivity index (χ3n) is 3.64. The van der Waals surface area contributed by atoms with E-state index in [2.05, 4.69) is 0 Å². The minimum absolute atomic E-state index is 0.0279. The smallest absolute Gasteiger partial charge is 0.339 e. The third-order valence-corrected chi connectivity index (χ3v) is 5.14. The Labute approximate surface area is 169 Å². The number of hydrogen-bond acceptors (Lipinski definition) is 6. The third kappa shape index (κ3) is 6.28. The van der Waals surface area contributed by atoms with Crippen LogP contribution in [0.4, 0.5) is 0 Å². The minimum atomic E-state index is -4.04. The quantitative estimate of drug-likeness (QED) is 0.256. The number of hydrogen-bond donors (Lipinski definition) is 0. The average molecular weight is 425 g/mol. The van der Waals surface area contributed by atoms with Gasteiger partial charge in [0.15, 0.2) is 11.5 Å². The summed E-state index contributed by atoms with van der Waals surface area (Å²) in [6.07, 6.45) is 4.60. The van der Waals surface area contributed by atoms with Crippen LogP contribution in [0.25, 0.3) is 6.08 Å². The SMILES string of the molecule is CCCCOC(=O)/C=C/c1ccc(OS(=O)(=O)c2ccc(Cl)cc2)c(OC)c1. The van der Waals surface area contributed by atoms with Crippen molar-refractivity contribution in [3.63, 3.8) is 0 Å². The second-order valence-corrected chi connectivity index (χ2v) is 7.74. The number of methoxy groups -OCH3 is 1. The van der Waals surface area contributed by atoms with Crippen LogP contribution in [0.2, 0.25) is 5.02 Å². The van der Waals surface area contributed by atoms with Crippen LogP contribution in [-0.2, 0) is 19.6 Å². The fraction of sp³-hybridized carbons (Fsp3) is 0.250. The van der Waals surface area contributed by atoms with Gasteiger partial charge in [0.2, 0.25) is 0 Å². The molecule has 0 aliphatic rings. The molecule has 0 amide bonds. The topological polar surface area (TPSA) is 78.9 Å². The Hall–Kier alpha value is -2.51. The summed E-state index contributed by atoms with van der Waals surface area (Å²) < 4.78 is 40.3. The minimum Gasteiger partial charge on any atom is -0.493 e. The van der Waals surface area contributed by atoms with Crippen molar-refractivity contribution in [1.82, 2.24) is 0 Å². The van der Waals surface area contributed by atoms with Gasteiger partial charge in [-0.25, -0.2) is 4.79 Å². The van der Waals surface area contributed by atoms with E-state index in [4.69, 9.17) is 25.3 Å². The van der Waals surface area contributed by atoms with E-state index in [0.717, 1.165) is 12.8 Å². The van der Waals surface area contributed by atoms with Crippen LogP contribution >= 0.6 is 11.6 Å². The Kier molecular flexibility index (Phi) is 7.90. The molecule has 0 fully saturated rings. The molecule has 8 heteroatoms. The van der Waals surface area contributed by atoms with Gasteiger partial charge in [-0.3, -0.25) is 0 Å². The zero-order valence-electron chi connectivity index (χ0n) is 15.6. The summed E-state index contributed by atoms with van der Waals surface area (Å²) in [4.78, 5) is 11.6. The van der Waals surface area contributed by atoms with Crippen molar-refractivity contribution >= 4 is 33.8 Å². The fourth-order valence-electron chi connectivity index (χ4n) is 2.15. The highest BCUT2D eigenvalue weighted by Crippen LogP contribution is 2.31. The van der Waals surface area contributed by atoms with E-state index in [1.807, 2.05) is 6.92 Å². The van der Waals surface area contributed by atoms with Gasteiger partial charge >= 0.3 is 16.1 Å². The summed E-state index contributed by atoms with van der Waals surface area (Å²) in [6, 6.07) is 10.2. The lowest BCUT2D eigenvalue weighted by Crippen LogP contribution is -2.10. The molecule has 2 aromatic rings. The van der Waals surface area contributed by atoms with E-state index in [0.29, 0.717) is 17.2 Å². The normalized spacial score (nSPS) is 11.4. The Balaban J connectivity index is 2.14. The molecule has 0 atom stereocenters. The number of esters is 1. The Morgan fingerprint density at radius 2 is 1.82 bits per heavy atom. The monoisotopic (exact) mass is 424 g/mol. The number of ether oxygens (including phenoxy) is 2. The predicted octanol–water partition coefficient (Wildman–Crippen LogP) is 4.47. The molecule has 6 nitrogen and oxygen atoms in total. The van der Waals surface area contributed by atoms with Gasteiger partial charge in [0.1, 0.15) is 4.90 Å². The van der Waals surface area contributed by atoms with Crippen LogP contribution < -0.4 is 8.92 Å². The highest BCUT2D eigenvalue weighted by Gasteiger charge is 2.19. The summed E-state index contributed by atoms with van der Waals surface area (Å²) in [6.45, 7) is 2.38. The van der Waals surface area contributed by atoms with Crippen molar-refractivity contribution in [3.05, 3.63) is 59.1 Å². The molecule has 2 rings (SSSR count). The second-order valence-electron chi connectivity index (χ2n) is 5.76. The molecule has 0 heterocycles. The van der Waals surface area contributed by atoms with Crippen LogP contribution in [0.15, 0.2) is 53.4 Å². The summed E-state index contributed by atoms with van der Waals surface area (Å²) in [7, 11) is -2.65. The molecule has 0 aliphatic heterocycles.